The van der Waals surface area contributed by atoms with Crippen LogP contribution in [0, 0.1) is 0 Å². The van der Waals surface area contributed by atoms with Gasteiger partial charge in [-0.3, -0.25) is 9.59 Å². The molecule has 32 heavy (non-hydrogen) atoms. The van der Waals surface area contributed by atoms with Gasteiger partial charge < -0.3 is 0 Å². The Labute approximate surface area is 193 Å². The van der Waals surface area contributed by atoms with Crippen LogP contribution in [0.3, 0.4) is 0 Å². The minimum absolute atomic E-state index is 0.210. The van der Waals surface area contributed by atoms with Crippen molar-refractivity contribution in [1.29, 1.82) is 0 Å². The molecule has 1 heterocycles. The number of sulfonamides is 2. The second kappa shape index (κ2) is 9.25. The lowest BCUT2D eigenvalue weighted by molar-refractivity contribution is 0.0973. The number of nitrogens with one attached hydrogen (secondary N) is 2. The zero-order chi connectivity index (χ0) is 23.5. The van der Waals surface area contributed by atoms with Crippen molar-refractivity contribution in [1.82, 2.24) is 14.4 Å². The van der Waals surface area contributed by atoms with Crippen LogP contribution in [0.4, 0.5) is 0 Å². The van der Waals surface area contributed by atoms with E-state index in [1.165, 1.54) is 54.6 Å². The largest absolute Gasteiger partial charge is 0.283 e. The smallest absolute Gasteiger partial charge is 0.266 e. The van der Waals surface area contributed by atoms with Crippen LogP contribution in [-0.2, 0) is 20.0 Å². The highest BCUT2D eigenvalue weighted by Crippen LogP contribution is 2.15. The third-order valence-electron chi connectivity index (χ3n) is 3.92. The summed E-state index contributed by atoms with van der Waals surface area (Å²) in [6.45, 7) is 0. The maximum Gasteiger partial charge on any atom is 0.283 e. The first-order chi connectivity index (χ1) is 15.0. The summed E-state index contributed by atoms with van der Waals surface area (Å²) in [4.78, 5) is 28.1. The number of rotatable bonds is 6. The van der Waals surface area contributed by atoms with E-state index in [0.29, 0.717) is 10.0 Å². The number of carbonyl (C=O) groups excluding carboxylic acids is 2. The van der Waals surface area contributed by atoms with E-state index in [-0.39, 0.29) is 9.79 Å². The number of halogens is 2. The minimum atomic E-state index is -4.23. The van der Waals surface area contributed by atoms with Crippen molar-refractivity contribution in [3.8, 4) is 0 Å². The Kier molecular flexibility index (Phi) is 6.84. The summed E-state index contributed by atoms with van der Waals surface area (Å²) < 4.78 is 53.0. The lowest BCUT2D eigenvalue weighted by Gasteiger charge is -2.09. The second-order valence-corrected chi connectivity index (χ2v) is 10.4. The highest BCUT2D eigenvalue weighted by atomic mass is 35.5. The van der Waals surface area contributed by atoms with Crippen molar-refractivity contribution in [2.75, 3.05) is 0 Å². The Morgan fingerprint density at radius 3 is 1.31 bits per heavy atom. The topological polar surface area (TPSA) is 139 Å². The Morgan fingerprint density at radius 1 is 0.625 bits per heavy atom. The van der Waals surface area contributed by atoms with Gasteiger partial charge in [0.05, 0.1) is 9.79 Å². The van der Waals surface area contributed by atoms with Crippen molar-refractivity contribution in [2.24, 2.45) is 0 Å². The third kappa shape index (κ3) is 5.62. The standard InChI is InChI=1S/C19H13Cl2N3O6S2/c20-12-4-8-14(9-5-12)31(27,28)23-18(25)16-2-1-3-17(22-16)19(26)24-32(29,30)15-10-6-13(21)7-11-15/h1-11H,(H,23,25)(H,24,26). The fourth-order valence-electron chi connectivity index (χ4n) is 2.38. The van der Waals surface area contributed by atoms with Gasteiger partial charge >= 0.3 is 0 Å². The van der Waals surface area contributed by atoms with Crippen LogP contribution in [0.25, 0.3) is 0 Å². The maximum absolute atomic E-state index is 12.4. The fraction of sp³-hybridized carbons (Fsp3) is 0. The van der Waals surface area contributed by atoms with Gasteiger partial charge in [-0.05, 0) is 60.7 Å². The Balaban J connectivity index is 1.78. The molecule has 3 aromatic rings. The number of nitrogens with zero attached hydrogens (tertiary/aromatic N) is 1. The quantitative estimate of drug-likeness (QED) is 0.516. The number of carbonyl (C=O) groups is 2. The first-order valence-corrected chi connectivity index (χ1v) is 12.3. The SMILES string of the molecule is O=C(NS(=O)(=O)c1ccc(Cl)cc1)c1cccc(C(=O)NS(=O)(=O)c2ccc(Cl)cc2)n1. The van der Waals surface area contributed by atoms with Gasteiger partial charge in [-0.25, -0.2) is 31.3 Å². The molecule has 0 atom stereocenters. The van der Waals surface area contributed by atoms with Gasteiger partial charge in [0.2, 0.25) is 0 Å². The van der Waals surface area contributed by atoms with E-state index < -0.39 is 43.2 Å². The maximum atomic E-state index is 12.4. The van der Waals surface area contributed by atoms with Crippen molar-refractivity contribution >= 4 is 55.1 Å². The molecular formula is C19H13Cl2N3O6S2. The first kappa shape index (κ1) is 23.7. The highest BCUT2D eigenvalue weighted by molar-refractivity contribution is 7.90. The lowest BCUT2D eigenvalue weighted by Crippen LogP contribution is -2.33. The van der Waals surface area contributed by atoms with E-state index in [1.54, 1.807) is 0 Å². The normalized spacial score (nSPS) is 11.6. The first-order valence-electron chi connectivity index (χ1n) is 8.60. The molecule has 3 rings (SSSR count). The molecule has 0 unspecified atom stereocenters. The van der Waals surface area contributed by atoms with Gasteiger partial charge in [0, 0.05) is 10.0 Å². The molecule has 0 spiro atoms. The zero-order valence-corrected chi connectivity index (χ0v) is 19.0. The molecule has 1 aromatic heterocycles. The number of pyridine rings is 1. The Morgan fingerprint density at radius 2 is 0.969 bits per heavy atom. The zero-order valence-electron chi connectivity index (χ0n) is 15.8. The van der Waals surface area contributed by atoms with E-state index in [4.69, 9.17) is 23.2 Å². The van der Waals surface area contributed by atoms with Gasteiger partial charge in [0.1, 0.15) is 11.4 Å². The summed E-state index contributed by atoms with van der Waals surface area (Å²) in [5, 5.41) is 0.619. The van der Waals surface area contributed by atoms with Crippen LogP contribution in [-0.4, -0.2) is 33.6 Å². The van der Waals surface area contributed by atoms with E-state index in [2.05, 4.69) is 4.98 Å². The molecule has 0 saturated carbocycles. The summed E-state index contributed by atoms with van der Waals surface area (Å²) in [7, 11) is -8.46. The number of hydrogen-bond acceptors (Lipinski definition) is 7. The van der Waals surface area contributed by atoms with Crippen LogP contribution < -0.4 is 9.44 Å². The summed E-state index contributed by atoms with van der Waals surface area (Å²) >= 11 is 11.4. The van der Waals surface area contributed by atoms with E-state index in [0.717, 1.165) is 12.1 Å². The summed E-state index contributed by atoms with van der Waals surface area (Å²) in [5.41, 5.74) is -0.835. The summed E-state index contributed by atoms with van der Waals surface area (Å²) in [6.07, 6.45) is 0. The van der Waals surface area contributed by atoms with Gasteiger partial charge in [-0.1, -0.05) is 29.3 Å². The predicted octanol–water partition coefficient (Wildman–Crippen LogP) is 2.63. The molecule has 0 aliphatic carbocycles. The van der Waals surface area contributed by atoms with Gasteiger partial charge in [-0.2, -0.15) is 0 Å². The second-order valence-electron chi connectivity index (χ2n) is 6.19. The molecule has 0 saturated heterocycles. The van der Waals surface area contributed by atoms with Crippen LogP contribution >= 0.6 is 23.2 Å². The molecule has 166 valence electrons. The lowest BCUT2D eigenvalue weighted by atomic mass is 10.3. The van der Waals surface area contributed by atoms with E-state index in [9.17, 15) is 26.4 Å². The average Bonchev–Trinajstić information content (AvgIpc) is 2.74. The number of amides is 2. The molecule has 13 heteroatoms. The minimum Gasteiger partial charge on any atom is -0.266 e. The molecular weight excluding hydrogens is 501 g/mol. The van der Waals surface area contributed by atoms with Gasteiger partial charge in [-0.15, -0.1) is 0 Å². The van der Waals surface area contributed by atoms with Crippen molar-refractivity contribution in [3.63, 3.8) is 0 Å². The van der Waals surface area contributed by atoms with Crippen molar-refractivity contribution in [2.45, 2.75) is 9.79 Å². The summed E-state index contributed by atoms with van der Waals surface area (Å²) in [6, 6.07) is 13.8. The average molecular weight is 514 g/mol. The highest BCUT2D eigenvalue weighted by Gasteiger charge is 2.23. The van der Waals surface area contributed by atoms with Crippen LogP contribution in [0.1, 0.15) is 21.0 Å². The molecule has 0 radical (unpaired) electrons. The number of aromatic nitrogens is 1. The Hall–Kier alpha value is -2.99. The molecule has 9 nitrogen and oxygen atoms in total. The molecule has 2 amide bonds. The van der Waals surface area contributed by atoms with E-state index >= 15 is 0 Å². The summed E-state index contributed by atoms with van der Waals surface area (Å²) in [5.74, 6) is -2.23. The number of hydrogen-bond donors (Lipinski definition) is 2. The molecule has 0 fully saturated rings. The van der Waals surface area contributed by atoms with Crippen LogP contribution in [0.15, 0.2) is 76.5 Å². The fourth-order valence-corrected chi connectivity index (χ4v) is 4.56. The molecule has 0 aliphatic heterocycles. The van der Waals surface area contributed by atoms with Crippen LogP contribution in [0.2, 0.25) is 10.0 Å². The number of benzene rings is 2. The van der Waals surface area contributed by atoms with Gasteiger partial charge in [0.25, 0.3) is 31.9 Å². The van der Waals surface area contributed by atoms with E-state index in [1.807, 2.05) is 9.44 Å². The third-order valence-corrected chi connectivity index (χ3v) is 7.11. The molecule has 0 bridgehead atoms. The molecule has 2 N–H and O–H groups in total. The molecule has 2 aromatic carbocycles. The monoisotopic (exact) mass is 513 g/mol. The van der Waals surface area contributed by atoms with Crippen molar-refractivity contribution < 1.29 is 26.4 Å². The van der Waals surface area contributed by atoms with Crippen molar-refractivity contribution in [3.05, 3.63) is 88.2 Å². The van der Waals surface area contributed by atoms with Crippen LogP contribution in [0.5, 0.6) is 0 Å². The molecule has 0 aliphatic rings. The predicted molar refractivity (Wildman–Crippen MR) is 116 cm³/mol. The Bertz CT molecular complexity index is 1290. The van der Waals surface area contributed by atoms with Gasteiger partial charge in [0.15, 0.2) is 0 Å².